The van der Waals surface area contributed by atoms with Crippen LogP contribution in [0.3, 0.4) is 0 Å². The van der Waals surface area contributed by atoms with Crippen molar-refractivity contribution in [1.82, 2.24) is 9.97 Å². The molecule has 112 valence electrons. The Bertz CT molecular complexity index is 675. The molecule has 3 N–H and O–H groups in total. The predicted molar refractivity (Wildman–Crippen MR) is 92.0 cm³/mol. The highest BCUT2D eigenvalue weighted by Crippen LogP contribution is 2.30. The third-order valence-electron chi connectivity index (χ3n) is 3.23. The molecule has 2 aromatic rings. The van der Waals surface area contributed by atoms with Gasteiger partial charge in [-0.15, -0.1) is 0 Å². The molecule has 0 amide bonds. The molecule has 1 aromatic heterocycles. The number of aromatic nitrogens is 2. The van der Waals surface area contributed by atoms with Crippen molar-refractivity contribution < 1.29 is 0 Å². The number of anilines is 3. The van der Waals surface area contributed by atoms with Crippen LogP contribution in [0.25, 0.3) is 0 Å². The van der Waals surface area contributed by atoms with E-state index in [1.165, 1.54) is 5.56 Å². The molecule has 0 bridgehead atoms. The molecule has 4 nitrogen and oxygen atoms in total. The number of nitrogens with zero attached hydrogens (tertiary/aromatic N) is 2. The Kier molecular flexibility index (Phi) is 4.23. The van der Waals surface area contributed by atoms with Crippen LogP contribution in [0, 0.1) is 13.8 Å². The van der Waals surface area contributed by atoms with E-state index in [4.69, 9.17) is 5.73 Å². The molecule has 2 rings (SSSR count). The van der Waals surface area contributed by atoms with E-state index in [0.717, 1.165) is 27.4 Å². The highest BCUT2D eigenvalue weighted by Gasteiger charge is 2.20. The monoisotopic (exact) mass is 348 g/mol. The molecule has 0 aliphatic carbocycles. The minimum atomic E-state index is -0.150. The summed E-state index contributed by atoms with van der Waals surface area (Å²) in [6, 6.07) is 6.14. The summed E-state index contributed by atoms with van der Waals surface area (Å²) in [5, 5.41) is 3.34. The minimum Gasteiger partial charge on any atom is -0.383 e. The Labute approximate surface area is 134 Å². The zero-order chi connectivity index (χ0) is 15.8. The maximum absolute atomic E-state index is 6.03. The van der Waals surface area contributed by atoms with Gasteiger partial charge in [-0.1, -0.05) is 26.8 Å². The van der Waals surface area contributed by atoms with Crippen LogP contribution < -0.4 is 11.1 Å². The summed E-state index contributed by atoms with van der Waals surface area (Å²) in [5.41, 5.74) is 8.89. The van der Waals surface area contributed by atoms with E-state index >= 15 is 0 Å². The Hall–Kier alpha value is -1.62. The molecule has 0 atom stereocenters. The summed E-state index contributed by atoms with van der Waals surface area (Å²) >= 11 is 3.57. The fraction of sp³-hybridized carbons (Fsp3) is 0.375. The number of nitrogen functional groups attached to an aromatic ring is 1. The maximum atomic E-state index is 6.03. The van der Waals surface area contributed by atoms with Crippen molar-refractivity contribution >= 4 is 33.3 Å². The lowest BCUT2D eigenvalue weighted by atomic mass is 9.95. The normalized spacial score (nSPS) is 11.5. The summed E-state index contributed by atoms with van der Waals surface area (Å²) in [7, 11) is 0. The van der Waals surface area contributed by atoms with E-state index in [1.807, 2.05) is 13.0 Å². The van der Waals surface area contributed by atoms with Crippen molar-refractivity contribution in [2.75, 3.05) is 11.1 Å². The number of benzene rings is 1. The van der Waals surface area contributed by atoms with Gasteiger partial charge in [0.15, 0.2) is 0 Å². The van der Waals surface area contributed by atoms with Crippen LogP contribution in [0.1, 0.15) is 37.7 Å². The lowest BCUT2D eigenvalue weighted by Crippen LogP contribution is -2.18. The van der Waals surface area contributed by atoms with Crippen LogP contribution >= 0.6 is 15.9 Å². The predicted octanol–water partition coefficient (Wildman–Crippen LogP) is 4.48. The van der Waals surface area contributed by atoms with E-state index in [9.17, 15) is 0 Å². The number of aryl methyl sites for hydroxylation is 1. The van der Waals surface area contributed by atoms with Gasteiger partial charge in [-0.3, -0.25) is 0 Å². The highest BCUT2D eigenvalue weighted by molar-refractivity contribution is 9.10. The Morgan fingerprint density at radius 1 is 1.14 bits per heavy atom. The average molecular weight is 349 g/mol. The summed E-state index contributed by atoms with van der Waals surface area (Å²) < 4.78 is 0.997. The zero-order valence-corrected chi connectivity index (χ0v) is 14.7. The largest absolute Gasteiger partial charge is 0.383 e. The van der Waals surface area contributed by atoms with E-state index in [0.29, 0.717) is 5.82 Å². The number of hydrogen-bond acceptors (Lipinski definition) is 4. The first-order valence-corrected chi connectivity index (χ1v) is 7.65. The molecule has 0 aliphatic heterocycles. The molecule has 0 radical (unpaired) electrons. The van der Waals surface area contributed by atoms with Gasteiger partial charge in [-0.05, 0) is 47.5 Å². The molecular weight excluding hydrogens is 328 g/mol. The number of nitrogens with two attached hydrogens (primary N) is 1. The first kappa shape index (κ1) is 15.8. The number of nitrogens with one attached hydrogen (secondary N) is 1. The van der Waals surface area contributed by atoms with Crippen molar-refractivity contribution in [3.8, 4) is 0 Å². The second-order valence-corrected chi connectivity index (χ2v) is 7.12. The van der Waals surface area contributed by atoms with Gasteiger partial charge in [0.25, 0.3) is 0 Å². The van der Waals surface area contributed by atoms with Gasteiger partial charge < -0.3 is 11.1 Å². The third kappa shape index (κ3) is 3.53. The summed E-state index contributed by atoms with van der Waals surface area (Å²) in [4.78, 5) is 9.04. The second kappa shape index (κ2) is 5.64. The summed E-state index contributed by atoms with van der Waals surface area (Å²) in [6.07, 6.45) is 0. The maximum Gasteiger partial charge on any atom is 0.139 e. The lowest BCUT2D eigenvalue weighted by molar-refractivity contribution is 0.546. The molecule has 5 heteroatoms. The molecule has 0 aliphatic rings. The van der Waals surface area contributed by atoms with Gasteiger partial charge in [-0.2, -0.15) is 0 Å². The van der Waals surface area contributed by atoms with Crippen LogP contribution in [-0.2, 0) is 5.41 Å². The van der Waals surface area contributed by atoms with Gasteiger partial charge in [-0.25, -0.2) is 9.97 Å². The highest BCUT2D eigenvalue weighted by atomic mass is 79.9. The topological polar surface area (TPSA) is 63.8 Å². The van der Waals surface area contributed by atoms with E-state index in [-0.39, 0.29) is 5.41 Å². The molecule has 1 heterocycles. The number of hydrogen-bond donors (Lipinski definition) is 2. The molecule has 0 unspecified atom stereocenters. The minimum absolute atomic E-state index is 0.150. The lowest BCUT2D eigenvalue weighted by Gasteiger charge is -2.20. The van der Waals surface area contributed by atoms with E-state index in [1.54, 1.807) is 0 Å². The van der Waals surface area contributed by atoms with Crippen LogP contribution in [-0.4, -0.2) is 9.97 Å². The molecule has 0 saturated heterocycles. The molecule has 0 saturated carbocycles. The fourth-order valence-electron chi connectivity index (χ4n) is 1.84. The van der Waals surface area contributed by atoms with Gasteiger partial charge >= 0.3 is 0 Å². The molecule has 0 fully saturated rings. The van der Waals surface area contributed by atoms with Crippen LogP contribution in [0.5, 0.6) is 0 Å². The Morgan fingerprint density at radius 2 is 1.81 bits per heavy atom. The Balaban J connectivity index is 2.46. The van der Waals surface area contributed by atoms with E-state index < -0.39 is 0 Å². The molecule has 1 aromatic carbocycles. The Morgan fingerprint density at radius 3 is 2.38 bits per heavy atom. The molecular formula is C16H21BrN4. The zero-order valence-electron chi connectivity index (χ0n) is 13.1. The molecule has 0 spiro atoms. The van der Waals surface area contributed by atoms with Crippen LogP contribution in [0.15, 0.2) is 22.7 Å². The van der Waals surface area contributed by atoms with Crippen molar-refractivity contribution in [2.45, 2.75) is 40.0 Å². The van der Waals surface area contributed by atoms with Crippen molar-refractivity contribution in [2.24, 2.45) is 0 Å². The van der Waals surface area contributed by atoms with Gasteiger partial charge in [0, 0.05) is 15.5 Å². The SMILES string of the molecule is Cc1ccc(Nc2nc(C(C)(C)C)nc(N)c2C)c(Br)c1. The van der Waals surface area contributed by atoms with Crippen molar-refractivity contribution in [3.05, 3.63) is 39.6 Å². The van der Waals surface area contributed by atoms with Crippen LogP contribution in [0.4, 0.5) is 17.3 Å². The number of rotatable bonds is 2. The van der Waals surface area contributed by atoms with E-state index in [2.05, 4.69) is 71.0 Å². The second-order valence-electron chi connectivity index (χ2n) is 6.26. The molecule has 21 heavy (non-hydrogen) atoms. The fourth-order valence-corrected chi connectivity index (χ4v) is 2.43. The number of halogens is 1. The summed E-state index contributed by atoms with van der Waals surface area (Å²) in [6.45, 7) is 10.2. The van der Waals surface area contributed by atoms with Gasteiger partial charge in [0.1, 0.15) is 17.5 Å². The summed E-state index contributed by atoms with van der Waals surface area (Å²) in [5.74, 6) is 1.99. The van der Waals surface area contributed by atoms with Crippen LogP contribution in [0.2, 0.25) is 0 Å². The standard InChI is InChI=1S/C16H21BrN4/c1-9-6-7-12(11(17)8-9)19-14-10(2)13(18)20-15(21-14)16(3,4)5/h6-8H,1-5H3,(H3,18,19,20,21). The first-order chi connectivity index (χ1) is 9.68. The van der Waals surface area contributed by atoms with Crippen molar-refractivity contribution in [3.63, 3.8) is 0 Å². The van der Waals surface area contributed by atoms with Gasteiger partial charge in [0.2, 0.25) is 0 Å². The average Bonchev–Trinajstić information content (AvgIpc) is 2.36. The van der Waals surface area contributed by atoms with Gasteiger partial charge in [0.05, 0.1) is 5.69 Å². The quantitative estimate of drug-likeness (QED) is 0.839. The smallest absolute Gasteiger partial charge is 0.139 e. The third-order valence-corrected chi connectivity index (χ3v) is 3.89. The first-order valence-electron chi connectivity index (χ1n) is 6.86. The van der Waals surface area contributed by atoms with Crippen molar-refractivity contribution in [1.29, 1.82) is 0 Å².